The summed E-state index contributed by atoms with van der Waals surface area (Å²) in [6.45, 7) is 4.29. The van der Waals surface area contributed by atoms with Gasteiger partial charge in [0.1, 0.15) is 10.3 Å². The summed E-state index contributed by atoms with van der Waals surface area (Å²) < 4.78 is 0. The van der Waals surface area contributed by atoms with E-state index in [0.717, 1.165) is 12.0 Å². The number of halogens is 2. The Labute approximate surface area is 82.7 Å². The first-order valence-corrected chi connectivity index (χ1v) is 4.66. The summed E-state index contributed by atoms with van der Waals surface area (Å²) in [4.78, 5) is 3.96. The Morgan fingerprint density at radius 1 is 1.33 bits per heavy atom. The van der Waals surface area contributed by atoms with Crippen LogP contribution in [-0.4, -0.2) is 4.98 Å². The maximum Gasteiger partial charge on any atom is 0.134 e. The van der Waals surface area contributed by atoms with Crippen molar-refractivity contribution in [3.63, 3.8) is 0 Å². The zero-order valence-electron chi connectivity index (χ0n) is 7.14. The molecule has 0 fully saturated rings. The molecule has 1 heterocycles. The molecule has 1 rings (SSSR count). The molecule has 0 radical (unpaired) electrons. The monoisotopic (exact) mass is 203 g/mol. The summed E-state index contributed by atoms with van der Waals surface area (Å²) in [5.74, 6) is 0.588. The van der Waals surface area contributed by atoms with Gasteiger partial charge in [-0.2, -0.15) is 0 Å². The highest BCUT2D eigenvalue weighted by molar-refractivity contribution is 6.32. The Balaban J connectivity index is 2.86. The molecule has 0 saturated heterocycles. The number of nitrogens with zero attached hydrogens (tertiary/aromatic N) is 1. The van der Waals surface area contributed by atoms with Crippen molar-refractivity contribution in [2.45, 2.75) is 20.3 Å². The van der Waals surface area contributed by atoms with E-state index in [-0.39, 0.29) is 0 Å². The smallest absolute Gasteiger partial charge is 0.134 e. The highest BCUT2D eigenvalue weighted by Crippen LogP contribution is 2.19. The van der Waals surface area contributed by atoms with Gasteiger partial charge in [-0.05, 0) is 24.0 Å². The Bertz CT molecular complexity index is 271. The van der Waals surface area contributed by atoms with Crippen molar-refractivity contribution in [2.75, 3.05) is 0 Å². The van der Waals surface area contributed by atoms with Crippen molar-refractivity contribution in [3.05, 3.63) is 28.0 Å². The molecule has 0 saturated carbocycles. The van der Waals surface area contributed by atoms with Gasteiger partial charge in [-0.1, -0.05) is 43.1 Å². The predicted octanol–water partition coefficient (Wildman–Crippen LogP) is 3.59. The van der Waals surface area contributed by atoms with Crippen LogP contribution < -0.4 is 0 Å². The molecule has 0 aliphatic carbocycles. The van der Waals surface area contributed by atoms with E-state index in [1.54, 1.807) is 6.07 Å². The molecule has 3 heteroatoms. The van der Waals surface area contributed by atoms with Crippen LogP contribution in [0.3, 0.4) is 0 Å². The summed E-state index contributed by atoms with van der Waals surface area (Å²) in [6, 6.07) is 3.70. The summed E-state index contributed by atoms with van der Waals surface area (Å²) in [5.41, 5.74) is 1.07. The molecule has 0 bridgehead atoms. The van der Waals surface area contributed by atoms with E-state index in [1.165, 1.54) is 0 Å². The van der Waals surface area contributed by atoms with Gasteiger partial charge in [0, 0.05) is 0 Å². The molecule has 12 heavy (non-hydrogen) atoms. The van der Waals surface area contributed by atoms with E-state index in [0.29, 0.717) is 16.2 Å². The van der Waals surface area contributed by atoms with Crippen molar-refractivity contribution in [2.24, 2.45) is 5.92 Å². The highest BCUT2D eigenvalue weighted by atomic mass is 35.5. The molecule has 0 N–H and O–H groups in total. The molecular weight excluding hydrogens is 193 g/mol. The second kappa shape index (κ2) is 4.11. The Hall–Kier alpha value is -0.270. The molecule has 0 atom stereocenters. The maximum absolute atomic E-state index is 5.88. The molecule has 1 aromatic rings. The normalized spacial score (nSPS) is 10.8. The van der Waals surface area contributed by atoms with Gasteiger partial charge in [0.05, 0.1) is 0 Å². The first-order valence-electron chi connectivity index (χ1n) is 3.90. The number of aromatic nitrogens is 1. The van der Waals surface area contributed by atoms with E-state index in [9.17, 15) is 0 Å². The summed E-state index contributed by atoms with van der Waals surface area (Å²) >= 11 is 11.5. The van der Waals surface area contributed by atoms with Crippen LogP contribution in [0.25, 0.3) is 0 Å². The third-order valence-electron chi connectivity index (χ3n) is 1.52. The van der Waals surface area contributed by atoms with Crippen molar-refractivity contribution in [1.82, 2.24) is 4.98 Å². The summed E-state index contributed by atoms with van der Waals surface area (Å²) in [7, 11) is 0. The maximum atomic E-state index is 5.88. The van der Waals surface area contributed by atoms with Crippen molar-refractivity contribution >= 4 is 23.2 Å². The summed E-state index contributed by atoms with van der Waals surface area (Å²) in [6.07, 6.45) is 0.947. The first kappa shape index (κ1) is 9.82. The second-order valence-electron chi connectivity index (χ2n) is 3.18. The zero-order chi connectivity index (χ0) is 9.14. The number of hydrogen-bond acceptors (Lipinski definition) is 1. The van der Waals surface area contributed by atoms with Crippen LogP contribution >= 0.6 is 23.2 Å². The highest BCUT2D eigenvalue weighted by Gasteiger charge is 2.04. The van der Waals surface area contributed by atoms with Crippen molar-refractivity contribution in [1.29, 1.82) is 0 Å². The average molecular weight is 204 g/mol. The van der Waals surface area contributed by atoms with Gasteiger partial charge < -0.3 is 0 Å². The fraction of sp³-hybridized carbons (Fsp3) is 0.444. The minimum atomic E-state index is 0.451. The standard InChI is InChI=1S/C9H11Cl2N/c1-6(2)5-7-3-4-8(10)12-9(7)11/h3-4,6H,5H2,1-2H3. The van der Waals surface area contributed by atoms with Crippen LogP contribution in [-0.2, 0) is 6.42 Å². The number of rotatable bonds is 2. The molecule has 0 aliphatic rings. The molecule has 1 aromatic heterocycles. The Morgan fingerprint density at radius 3 is 2.50 bits per heavy atom. The SMILES string of the molecule is CC(C)Cc1ccc(Cl)nc1Cl. The molecule has 0 amide bonds. The fourth-order valence-corrected chi connectivity index (χ4v) is 1.46. The third kappa shape index (κ3) is 2.65. The lowest BCUT2D eigenvalue weighted by atomic mass is 10.1. The third-order valence-corrected chi connectivity index (χ3v) is 2.06. The van der Waals surface area contributed by atoms with Crippen molar-refractivity contribution in [3.8, 4) is 0 Å². The van der Waals surface area contributed by atoms with E-state index in [4.69, 9.17) is 23.2 Å². The van der Waals surface area contributed by atoms with Crippen LogP contribution in [0.2, 0.25) is 10.3 Å². The zero-order valence-corrected chi connectivity index (χ0v) is 8.65. The van der Waals surface area contributed by atoms with Gasteiger partial charge in [0.25, 0.3) is 0 Å². The van der Waals surface area contributed by atoms with Crippen LogP contribution in [0.5, 0.6) is 0 Å². The number of hydrogen-bond donors (Lipinski definition) is 0. The minimum absolute atomic E-state index is 0.451. The van der Waals surface area contributed by atoms with Crippen LogP contribution in [0.1, 0.15) is 19.4 Å². The van der Waals surface area contributed by atoms with E-state index < -0.39 is 0 Å². The average Bonchev–Trinajstić information content (AvgIpc) is 1.94. The first-order chi connectivity index (χ1) is 5.59. The van der Waals surface area contributed by atoms with Gasteiger partial charge in [-0.15, -0.1) is 0 Å². The minimum Gasteiger partial charge on any atom is -0.224 e. The molecule has 0 spiro atoms. The lowest BCUT2D eigenvalue weighted by Gasteiger charge is -2.05. The molecular formula is C9H11Cl2N. The van der Waals surface area contributed by atoms with Gasteiger partial charge in [-0.25, -0.2) is 4.98 Å². The molecule has 0 unspecified atom stereocenters. The Morgan fingerprint density at radius 2 is 2.00 bits per heavy atom. The quantitative estimate of drug-likeness (QED) is 0.671. The molecule has 0 aliphatic heterocycles. The Kier molecular flexibility index (Phi) is 3.36. The van der Waals surface area contributed by atoms with Gasteiger partial charge in [0.2, 0.25) is 0 Å². The molecule has 1 nitrogen and oxygen atoms in total. The predicted molar refractivity (Wildman–Crippen MR) is 52.8 cm³/mol. The second-order valence-corrected chi connectivity index (χ2v) is 3.93. The molecule has 0 aromatic carbocycles. The largest absolute Gasteiger partial charge is 0.224 e. The van der Waals surface area contributed by atoms with Crippen molar-refractivity contribution < 1.29 is 0 Å². The van der Waals surface area contributed by atoms with Gasteiger partial charge in [-0.3, -0.25) is 0 Å². The fourth-order valence-electron chi connectivity index (χ4n) is 1.03. The van der Waals surface area contributed by atoms with Gasteiger partial charge in [0.15, 0.2) is 0 Å². The molecule has 66 valence electrons. The summed E-state index contributed by atoms with van der Waals surface area (Å²) in [5, 5.41) is 0.976. The van der Waals surface area contributed by atoms with Gasteiger partial charge >= 0.3 is 0 Å². The van der Waals surface area contributed by atoms with Crippen LogP contribution in [0.4, 0.5) is 0 Å². The lowest BCUT2D eigenvalue weighted by molar-refractivity contribution is 0.646. The van der Waals surface area contributed by atoms with Crippen LogP contribution in [0.15, 0.2) is 12.1 Å². The van der Waals surface area contributed by atoms with E-state index in [2.05, 4.69) is 18.8 Å². The topological polar surface area (TPSA) is 12.9 Å². The van der Waals surface area contributed by atoms with E-state index >= 15 is 0 Å². The van der Waals surface area contributed by atoms with E-state index in [1.807, 2.05) is 6.07 Å². The lowest BCUT2D eigenvalue weighted by Crippen LogP contribution is -1.96. The van der Waals surface area contributed by atoms with Crippen LogP contribution in [0, 0.1) is 5.92 Å². The number of pyridine rings is 1.